The third-order valence-corrected chi connectivity index (χ3v) is 4.15. The van der Waals surface area contributed by atoms with Gasteiger partial charge in [0.05, 0.1) is 5.69 Å². The zero-order chi connectivity index (χ0) is 12.7. The predicted molar refractivity (Wildman–Crippen MR) is 69.2 cm³/mol. The van der Waals surface area contributed by atoms with E-state index >= 15 is 0 Å². The fraction of sp³-hybridized carbons (Fsp3) is 0.692. The summed E-state index contributed by atoms with van der Waals surface area (Å²) < 4.78 is 1.80. The van der Waals surface area contributed by atoms with Gasteiger partial charge >= 0.3 is 0 Å². The monoisotopic (exact) mass is 248 g/mol. The molecule has 0 aliphatic heterocycles. The van der Waals surface area contributed by atoms with E-state index in [1.807, 2.05) is 7.05 Å². The van der Waals surface area contributed by atoms with Crippen LogP contribution >= 0.6 is 0 Å². The van der Waals surface area contributed by atoms with E-state index in [0.717, 1.165) is 50.0 Å². The number of amides is 1. The number of anilines is 1. The van der Waals surface area contributed by atoms with Crippen molar-refractivity contribution in [2.75, 3.05) is 5.32 Å². The van der Waals surface area contributed by atoms with Crippen LogP contribution in [0.25, 0.3) is 0 Å². The van der Waals surface area contributed by atoms with E-state index in [0.29, 0.717) is 0 Å². The molecule has 2 aliphatic rings. The van der Waals surface area contributed by atoms with Gasteiger partial charge in [0.1, 0.15) is 5.82 Å². The maximum atomic E-state index is 12.2. The number of aromatic nitrogens is 2. The first-order valence-electron chi connectivity index (χ1n) is 6.76. The van der Waals surface area contributed by atoms with Crippen molar-refractivity contribution in [3.05, 3.63) is 11.3 Å². The zero-order valence-electron chi connectivity index (χ0n) is 10.8. The second kappa shape index (κ2) is 4.39. The molecule has 0 saturated heterocycles. The van der Waals surface area contributed by atoms with E-state index in [1.165, 1.54) is 5.56 Å². The van der Waals surface area contributed by atoms with Crippen LogP contribution in [0.15, 0.2) is 0 Å². The molecule has 1 saturated carbocycles. The summed E-state index contributed by atoms with van der Waals surface area (Å²) in [4.78, 5) is 12.2. The molecule has 0 bridgehead atoms. The zero-order valence-corrected chi connectivity index (χ0v) is 10.8. The Kier molecular flexibility index (Phi) is 2.86. The molecule has 0 aromatic carbocycles. The van der Waals surface area contributed by atoms with Crippen LogP contribution in [-0.2, 0) is 24.7 Å². The van der Waals surface area contributed by atoms with Crippen molar-refractivity contribution in [3.63, 3.8) is 0 Å². The number of nitrogens with two attached hydrogens (primary N) is 1. The molecule has 98 valence electrons. The summed E-state index contributed by atoms with van der Waals surface area (Å²) in [6, 6.07) is 0.193. The Balaban J connectivity index is 1.75. The van der Waals surface area contributed by atoms with Gasteiger partial charge in [0.25, 0.3) is 0 Å². The highest BCUT2D eigenvalue weighted by molar-refractivity contribution is 5.92. The number of nitrogens with one attached hydrogen (secondary N) is 1. The second-order valence-corrected chi connectivity index (χ2v) is 5.51. The molecule has 2 aliphatic carbocycles. The molecule has 3 N–H and O–H groups in total. The number of fused-ring (bicyclic) bond motifs is 1. The molecule has 18 heavy (non-hydrogen) atoms. The third kappa shape index (κ3) is 1.92. The van der Waals surface area contributed by atoms with E-state index in [-0.39, 0.29) is 17.9 Å². The Morgan fingerprint density at radius 1 is 1.44 bits per heavy atom. The first-order chi connectivity index (χ1) is 8.65. The molecule has 0 radical (unpaired) electrons. The number of hydrogen-bond acceptors (Lipinski definition) is 3. The van der Waals surface area contributed by atoms with Crippen molar-refractivity contribution >= 4 is 11.7 Å². The molecule has 5 nitrogen and oxygen atoms in total. The Bertz CT molecular complexity index is 480. The Morgan fingerprint density at radius 3 is 3.00 bits per heavy atom. The lowest BCUT2D eigenvalue weighted by Gasteiger charge is -2.12. The Hall–Kier alpha value is -1.36. The summed E-state index contributed by atoms with van der Waals surface area (Å²) in [7, 11) is 1.90. The minimum atomic E-state index is 0.0759. The molecular weight excluding hydrogens is 228 g/mol. The lowest BCUT2D eigenvalue weighted by molar-refractivity contribution is -0.119. The van der Waals surface area contributed by atoms with Gasteiger partial charge in [0.2, 0.25) is 5.91 Å². The molecule has 3 rings (SSSR count). The number of nitrogens with zero attached hydrogens (tertiary/aromatic N) is 2. The predicted octanol–water partition coefficient (Wildman–Crippen LogP) is 0.975. The van der Waals surface area contributed by atoms with Crippen molar-refractivity contribution < 1.29 is 4.79 Å². The van der Waals surface area contributed by atoms with E-state index in [9.17, 15) is 4.79 Å². The molecular formula is C13H20N4O. The van der Waals surface area contributed by atoms with E-state index < -0.39 is 0 Å². The number of carbonyl (C=O) groups is 1. The summed E-state index contributed by atoms with van der Waals surface area (Å²) >= 11 is 0. The third-order valence-electron chi connectivity index (χ3n) is 4.15. The van der Waals surface area contributed by atoms with Crippen molar-refractivity contribution in [1.29, 1.82) is 0 Å². The largest absolute Gasteiger partial charge is 0.328 e. The van der Waals surface area contributed by atoms with Crippen LogP contribution in [0.4, 0.5) is 5.82 Å². The fourth-order valence-electron chi connectivity index (χ4n) is 3.15. The summed E-state index contributed by atoms with van der Waals surface area (Å²) in [5.41, 5.74) is 8.24. The van der Waals surface area contributed by atoms with Crippen LogP contribution < -0.4 is 11.1 Å². The van der Waals surface area contributed by atoms with Gasteiger partial charge in [-0.25, -0.2) is 0 Å². The summed E-state index contributed by atoms with van der Waals surface area (Å²) in [6.07, 6.45) is 5.90. The van der Waals surface area contributed by atoms with Crippen LogP contribution in [0, 0.1) is 5.92 Å². The van der Waals surface area contributed by atoms with Crippen molar-refractivity contribution in [1.82, 2.24) is 9.78 Å². The maximum Gasteiger partial charge on any atom is 0.228 e. The molecule has 1 fully saturated rings. The number of aryl methyl sites for hydroxylation is 2. The van der Waals surface area contributed by atoms with E-state index in [4.69, 9.17) is 5.73 Å². The van der Waals surface area contributed by atoms with Gasteiger partial charge in [-0.15, -0.1) is 0 Å². The highest BCUT2D eigenvalue weighted by Gasteiger charge is 2.29. The van der Waals surface area contributed by atoms with Crippen LogP contribution in [0.3, 0.4) is 0 Å². The SMILES string of the molecule is Cn1nc2c(c1NC(=O)C1CCC(N)C1)CCC2. The Morgan fingerprint density at radius 2 is 2.28 bits per heavy atom. The Labute approximate surface area is 107 Å². The van der Waals surface area contributed by atoms with Crippen molar-refractivity contribution in [2.24, 2.45) is 18.7 Å². The van der Waals surface area contributed by atoms with Gasteiger partial charge in [-0.3, -0.25) is 9.48 Å². The quantitative estimate of drug-likeness (QED) is 0.819. The highest BCUT2D eigenvalue weighted by Crippen LogP contribution is 2.30. The van der Waals surface area contributed by atoms with Crippen LogP contribution in [-0.4, -0.2) is 21.7 Å². The fourth-order valence-corrected chi connectivity index (χ4v) is 3.15. The van der Waals surface area contributed by atoms with Crippen molar-refractivity contribution in [2.45, 2.75) is 44.6 Å². The summed E-state index contributed by atoms with van der Waals surface area (Å²) in [5, 5.41) is 7.52. The molecule has 5 heteroatoms. The number of rotatable bonds is 2. The summed E-state index contributed by atoms with van der Waals surface area (Å²) in [6.45, 7) is 0. The van der Waals surface area contributed by atoms with Crippen LogP contribution in [0.5, 0.6) is 0 Å². The lowest BCUT2D eigenvalue weighted by atomic mass is 10.1. The van der Waals surface area contributed by atoms with Gasteiger partial charge in [-0.05, 0) is 38.5 Å². The van der Waals surface area contributed by atoms with Gasteiger partial charge in [0.15, 0.2) is 0 Å². The first-order valence-corrected chi connectivity index (χ1v) is 6.76. The molecule has 1 aromatic rings. The average molecular weight is 248 g/mol. The van der Waals surface area contributed by atoms with Crippen LogP contribution in [0.1, 0.15) is 36.9 Å². The topological polar surface area (TPSA) is 72.9 Å². The smallest absolute Gasteiger partial charge is 0.228 e. The second-order valence-electron chi connectivity index (χ2n) is 5.51. The lowest BCUT2D eigenvalue weighted by Crippen LogP contribution is -2.24. The van der Waals surface area contributed by atoms with Gasteiger partial charge in [-0.1, -0.05) is 0 Å². The van der Waals surface area contributed by atoms with Gasteiger partial charge in [-0.2, -0.15) is 5.10 Å². The molecule has 0 spiro atoms. The normalized spacial score (nSPS) is 26.3. The van der Waals surface area contributed by atoms with Gasteiger partial charge < -0.3 is 11.1 Å². The minimum absolute atomic E-state index is 0.0759. The standard InChI is InChI=1S/C13H20N4O/c1-17-12(10-3-2-4-11(10)16-17)15-13(18)8-5-6-9(14)7-8/h8-9H,2-7,14H2,1H3,(H,15,18). The van der Waals surface area contributed by atoms with E-state index in [1.54, 1.807) is 4.68 Å². The first kappa shape index (κ1) is 11.7. The van der Waals surface area contributed by atoms with Crippen LogP contribution in [0.2, 0.25) is 0 Å². The molecule has 1 amide bonds. The summed E-state index contributed by atoms with van der Waals surface area (Å²) in [5.74, 6) is 1.08. The molecule has 1 aromatic heterocycles. The molecule has 1 heterocycles. The molecule has 2 unspecified atom stereocenters. The molecule has 2 atom stereocenters. The average Bonchev–Trinajstić information content (AvgIpc) is 2.99. The number of carbonyl (C=O) groups excluding carboxylic acids is 1. The van der Waals surface area contributed by atoms with E-state index in [2.05, 4.69) is 10.4 Å². The highest BCUT2D eigenvalue weighted by atomic mass is 16.2. The van der Waals surface area contributed by atoms with Crippen molar-refractivity contribution in [3.8, 4) is 0 Å². The van der Waals surface area contributed by atoms with Gasteiger partial charge in [0, 0.05) is 24.6 Å². The number of hydrogen-bond donors (Lipinski definition) is 2. The minimum Gasteiger partial charge on any atom is -0.328 e. The maximum absolute atomic E-state index is 12.2.